The molecule has 1 amide bonds. The molecule has 1 aromatic carbocycles. The molecule has 1 aliphatic rings. The Hall–Kier alpha value is -2.74. The van der Waals surface area contributed by atoms with E-state index in [0.29, 0.717) is 5.82 Å². The average Bonchev–Trinajstić information content (AvgIpc) is 3.21. The number of carboxylic acids is 1. The third-order valence-corrected chi connectivity index (χ3v) is 5.39. The number of aromatic amines is 1. The Labute approximate surface area is 151 Å². The molecule has 3 atom stereocenters. The van der Waals surface area contributed by atoms with Crippen molar-refractivity contribution in [1.82, 2.24) is 25.4 Å². The van der Waals surface area contributed by atoms with E-state index < -0.39 is 17.4 Å². The third-order valence-electron chi connectivity index (χ3n) is 5.39. The highest BCUT2D eigenvalue weighted by molar-refractivity contribution is 5.85. The van der Waals surface area contributed by atoms with E-state index in [9.17, 15) is 14.7 Å². The molecule has 0 bridgehead atoms. The van der Waals surface area contributed by atoms with E-state index in [1.807, 2.05) is 31.2 Å². The summed E-state index contributed by atoms with van der Waals surface area (Å²) in [5.41, 5.74) is 0.896. The number of likely N-dealkylation sites (N-methyl/N-ethyl adjacent to an activating group) is 1. The predicted octanol–water partition coefficient (Wildman–Crippen LogP) is 1.27. The smallest absolute Gasteiger partial charge is 0.323 e. The second-order valence-electron chi connectivity index (χ2n) is 6.95. The summed E-state index contributed by atoms with van der Waals surface area (Å²) < 4.78 is 0. The number of rotatable bonds is 5. The number of carboxylic acid groups (broad SMARTS) is 1. The van der Waals surface area contributed by atoms with E-state index in [2.05, 4.69) is 20.5 Å². The lowest BCUT2D eigenvalue weighted by atomic mass is 9.88. The number of hydrogen-bond donors (Lipinski definition) is 3. The van der Waals surface area contributed by atoms with Crippen molar-refractivity contribution < 1.29 is 14.7 Å². The number of nitrogens with zero attached hydrogens (tertiary/aromatic N) is 3. The number of H-pyrrole nitrogens is 1. The Morgan fingerprint density at radius 1 is 1.42 bits per heavy atom. The largest absolute Gasteiger partial charge is 0.480 e. The highest BCUT2D eigenvalue weighted by atomic mass is 16.4. The van der Waals surface area contributed by atoms with Crippen LogP contribution in [0.25, 0.3) is 0 Å². The molecular weight excluding hydrogens is 334 g/mol. The van der Waals surface area contributed by atoms with Crippen LogP contribution < -0.4 is 5.32 Å². The molecule has 8 heteroatoms. The Bertz CT molecular complexity index is 807. The van der Waals surface area contributed by atoms with Crippen LogP contribution in [0, 0.1) is 12.8 Å². The minimum absolute atomic E-state index is 0.188. The third kappa shape index (κ3) is 3.08. The molecule has 2 aromatic rings. The van der Waals surface area contributed by atoms with Gasteiger partial charge < -0.3 is 10.4 Å². The van der Waals surface area contributed by atoms with Gasteiger partial charge in [-0.1, -0.05) is 24.3 Å². The van der Waals surface area contributed by atoms with Crippen molar-refractivity contribution in [3.63, 3.8) is 0 Å². The minimum atomic E-state index is -1.11. The molecule has 8 nitrogen and oxygen atoms in total. The number of likely N-dealkylation sites (tertiary alicyclic amines) is 1. The number of amides is 1. The molecule has 26 heavy (non-hydrogen) atoms. The van der Waals surface area contributed by atoms with Crippen LogP contribution in [0.5, 0.6) is 0 Å². The van der Waals surface area contributed by atoms with Crippen molar-refractivity contribution in [1.29, 1.82) is 0 Å². The van der Waals surface area contributed by atoms with Gasteiger partial charge in [-0.2, -0.15) is 5.10 Å². The number of carbonyl (C=O) groups excluding carboxylic acids is 1. The maximum Gasteiger partial charge on any atom is 0.323 e. The van der Waals surface area contributed by atoms with E-state index in [4.69, 9.17) is 0 Å². The molecule has 0 aliphatic carbocycles. The van der Waals surface area contributed by atoms with Crippen LogP contribution in [-0.2, 0) is 16.1 Å². The fourth-order valence-electron chi connectivity index (χ4n) is 3.70. The maximum atomic E-state index is 12.9. The summed E-state index contributed by atoms with van der Waals surface area (Å²) in [7, 11) is 1.77. The quantitative estimate of drug-likeness (QED) is 0.743. The van der Waals surface area contributed by atoms with Gasteiger partial charge in [-0.15, -0.1) is 0 Å². The lowest BCUT2D eigenvalue weighted by molar-refractivity contribution is -0.148. The van der Waals surface area contributed by atoms with Crippen molar-refractivity contribution in [3.05, 3.63) is 47.5 Å². The second kappa shape index (κ2) is 6.87. The highest BCUT2D eigenvalue weighted by Crippen LogP contribution is 2.46. The van der Waals surface area contributed by atoms with Gasteiger partial charge in [0.15, 0.2) is 0 Å². The number of carbonyl (C=O) groups is 2. The van der Waals surface area contributed by atoms with Crippen molar-refractivity contribution in [3.8, 4) is 0 Å². The Morgan fingerprint density at radius 2 is 2.15 bits per heavy atom. The summed E-state index contributed by atoms with van der Waals surface area (Å²) in [6, 6.07) is 7.47. The molecule has 1 aliphatic heterocycles. The number of aryl methyl sites for hydroxylation is 1. The van der Waals surface area contributed by atoms with Gasteiger partial charge in [-0.25, -0.2) is 4.98 Å². The van der Waals surface area contributed by atoms with Crippen LogP contribution in [0.3, 0.4) is 0 Å². The minimum Gasteiger partial charge on any atom is -0.480 e. The Kier molecular flexibility index (Phi) is 4.78. The number of hydrogen-bond acceptors (Lipinski definition) is 5. The predicted molar refractivity (Wildman–Crippen MR) is 94.1 cm³/mol. The van der Waals surface area contributed by atoms with E-state index in [0.717, 1.165) is 11.1 Å². The number of aliphatic carboxylic acids is 1. The number of aromatic nitrogens is 3. The van der Waals surface area contributed by atoms with Crippen LogP contribution in [0.15, 0.2) is 30.6 Å². The summed E-state index contributed by atoms with van der Waals surface area (Å²) in [4.78, 5) is 30.6. The normalized spacial score (nSPS) is 26.0. The van der Waals surface area contributed by atoms with Gasteiger partial charge in [-0.05, 0) is 38.4 Å². The molecule has 0 saturated carbocycles. The summed E-state index contributed by atoms with van der Waals surface area (Å²) in [5, 5.41) is 19.1. The van der Waals surface area contributed by atoms with Crippen LogP contribution in [0.2, 0.25) is 0 Å². The zero-order valence-electron chi connectivity index (χ0n) is 15.1. The van der Waals surface area contributed by atoms with Gasteiger partial charge in [0, 0.05) is 6.04 Å². The van der Waals surface area contributed by atoms with E-state index >= 15 is 0 Å². The van der Waals surface area contributed by atoms with Crippen molar-refractivity contribution in [2.45, 2.75) is 38.4 Å². The molecule has 138 valence electrons. The lowest BCUT2D eigenvalue weighted by Crippen LogP contribution is -2.46. The molecule has 3 rings (SSSR count). The Morgan fingerprint density at radius 3 is 2.77 bits per heavy atom. The summed E-state index contributed by atoms with van der Waals surface area (Å²) in [5.74, 6) is -1.04. The molecule has 1 fully saturated rings. The van der Waals surface area contributed by atoms with Crippen LogP contribution in [0.4, 0.5) is 0 Å². The molecule has 1 saturated heterocycles. The van der Waals surface area contributed by atoms with Gasteiger partial charge in [0.1, 0.15) is 17.7 Å². The van der Waals surface area contributed by atoms with Gasteiger partial charge in [0.05, 0.1) is 12.5 Å². The number of benzene rings is 1. The molecule has 0 unspecified atom stereocenters. The van der Waals surface area contributed by atoms with Gasteiger partial charge >= 0.3 is 5.97 Å². The first-order chi connectivity index (χ1) is 12.3. The van der Waals surface area contributed by atoms with Crippen molar-refractivity contribution >= 4 is 11.9 Å². The fourth-order valence-corrected chi connectivity index (χ4v) is 3.70. The molecule has 1 aromatic heterocycles. The van der Waals surface area contributed by atoms with Crippen molar-refractivity contribution in [2.24, 2.45) is 5.92 Å². The first-order valence-corrected chi connectivity index (χ1v) is 8.48. The lowest BCUT2D eigenvalue weighted by Gasteiger charge is -2.32. The SMILES string of the molecule is Cc1ccccc1[C@@H]1[C@H](C(=O)NCc2ncn[nH]2)C[C@](C)(C(=O)O)N1C. The van der Waals surface area contributed by atoms with Gasteiger partial charge in [0.25, 0.3) is 0 Å². The standard InChI is InChI=1S/C18H23N5O3/c1-11-6-4-5-7-12(11)15-13(8-18(2,17(25)26)23(15)3)16(24)19-9-14-20-10-21-22-14/h4-7,10,13,15H,8-9H2,1-3H3,(H,19,24)(H,25,26)(H,20,21,22)/t13-,15-,18-/m1/s1. The van der Waals surface area contributed by atoms with Crippen molar-refractivity contribution in [2.75, 3.05) is 7.05 Å². The zero-order chi connectivity index (χ0) is 18.9. The van der Waals surface area contributed by atoms with Crippen LogP contribution in [-0.4, -0.2) is 49.7 Å². The molecule has 0 radical (unpaired) electrons. The first kappa shape index (κ1) is 18.1. The summed E-state index contributed by atoms with van der Waals surface area (Å²) in [6.45, 7) is 3.87. The summed E-state index contributed by atoms with van der Waals surface area (Å²) in [6.07, 6.45) is 1.61. The molecule has 2 heterocycles. The van der Waals surface area contributed by atoms with Gasteiger partial charge in [0.2, 0.25) is 5.91 Å². The van der Waals surface area contributed by atoms with Crippen LogP contribution in [0.1, 0.15) is 36.3 Å². The van der Waals surface area contributed by atoms with E-state index in [1.54, 1.807) is 18.9 Å². The van der Waals surface area contributed by atoms with Crippen LogP contribution >= 0.6 is 0 Å². The van der Waals surface area contributed by atoms with E-state index in [-0.39, 0.29) is 24.9 Å². The maximum absolute atomic E-state index is 12.9. The fraction of sp³-hybridized carbons (Fsp3) is 0.444. The summed E-state index contributed by atoms with van der Waals surface area (Å²) >= 11 is 0. The Balaban J connectivity index is 1.90. The first-order valence-electron chi connectivity index (χ1n) is 8.48. The highest BCUT2D eigenvalue weighted by Gasteiger charge is 2.54. The average molecular weight is 357 g/mol. The molecule has 3 N–H and O–H groups in total. The molecular formula is C18H23N5O3. The van der Waals surface area contributed by atoms with Gasteiger partial charge in [-0.3, -0.25) is 19.6 Å². The van der Waals surface area contributed by atoms with E-state index in [1.165, 1.54) is 6.33 Å². The topological polar surface area (TPSA) is 111 Å². The number of nitrogens with one attached hydrogen (secondary N) is 2. The zero-order valence-corrected chi connectivity index (χ0v) is 15.1. The molecule has 0 spiro atoms. The monoisotopic (exact) mass is 357 g/mol. The second-order valence-corrected chi connectivity index (χ2v) is 6.95.